The van der Waals surface area contributed by atoms with Gasteiger partial charge in [-0.3, -0.25) is 9.59 Å². The second kappa shape index (κ2) is 9.54. The summed E-state index contributed by atoms with van der Waals surface area (Å²) >= 11 is 2.95. The van der Waals surface area contributed by atoms with Crippen LogP contribution >= 0.6 is 23.5 Å². The number of primary amides is 1. The normalized spacial score (nSPS) is 10.7. The SMILES string of the molecule is CCSC(SCC)=C(C(N)=O)C(=O)/C=C/c1ccc(C)cc1. The van der Waals surface area contributed by atoms with Gasteiger partial charge in [0, 0.05) is 0 Å². The Morgan fingerprint density at radius 3 is 2.09 bits per heavy atom. The molecule has 1 aromatic carbocycles. The number of allylic oxidation sites excluding steroid dienone is 1. The van der Waals surface area contributed by atoms with Crippen molar-refractivity contribution in [1.82, 2.24) is 0 Å². The van der Waals surface area contributed by atoms with Crippen LogP contribution in [0.3, 0.4) is 0 Å². The molecule has 118 valence electrons. The molecule has 0 aromatic heterocycles. The number of benzene rings is 1. The average Bonchev–Trinajstić information content (AvgIpc) is 2.47. The molecule has 0 unspecified atom stereocenters. The highest BCUT2D eigenvalue weighted by molar-refractivity contribution is 8.22. The average molecular weight is 335 g/mol. The molecule has 0 aliphatic rings. The van der Waals surface area contributed by atoms with Crippen molar-refractivity contribution in [2.75, 3.05) is 11.5 Å². The van der Waals surface area contributed by atoms with Crippen LogP contribution in [0.25, 0.3) is 6.08 Å². The summed E-state index contributed by atoms with van der Waals surface area (Å²) in [7, 11) is 0. The van der Waals surface area contributed by atoms with Gasteiger partial charge >= 0.3 is 0 Å². The lowest BCUT2D eigenvalue weighted by molar-refractivity contribution is -0.118. The summed E-state index contributed by atoms with van der Waals surface area (Å²) in [5.41, 5.74) is 7.56. The van der Waals surface area contributed by atoms with Gasteiger partial charge in [-0.2, -0.15) is 0 Å². The molecule has 1 rings (SSSR count). The smallest absolute Gasteiger partial charge is 0.254 e. The van der Waals surface area contributed by atoms with Crippen LogP contribution in [0.1, 0.15) is 25.0 Å². The van der Waals surface area contributed by atoms with Crippen molar-refractivity contribution in [3.05, 3.63) is 51.3 Å². The quantitative estimate of drug-likeness (QED) is 0.446. The largest absolute Gasteiger partial charge is 0.365 e. The predicted molar refractivity (Wildman–Crippen MR) is 97.7 cm³/mol. The summed E-state index contributed by atoms with van der Waals surface area (Å²) in [4.78, 5) is 24.0. The highest BCUT2D eigenvalue weighted by Crippen LogP contribution is 2.32. The van der Waals surface area contributed by atoms with Crippen LogP contribution < -0.4 is 5.73 Å². The summed E-state index contributed by atoms with van der Waals surface area (Å²) in [5.74, 6) is 0.558. The first-order valence-electron chi connectivity index (χ1n) is 7.08. The van der Waals surface area contributed by atoms with Crippen LogP contribution in [0, 0.1) is 6.92 Å². The fourth-order valence-corrected chi connectivity index (χ4v) is 3.96. The number of amides is 1. The standard InChI is InChI=1S/C17H21NO2S2/c1-4-21-17(22-5-2)15(16(18)20)14(19)11-10-13-8-6-12(3)7-9-13/h6-11H,4-5H2,1-3H3,(H2,18,20)/b11-10+. The number of aryl methyl sites for hydroxylation is 1. The Kier molecular flexibility index (Phi) is 8.06. The molecule has 0 saturated carbocycles. The van der Waals surface area contributed by atoms with E-state index in [0.717, 1.165) is 22.6 Å². The summed E-state index contributed by atoms with van der Waals surface area (Å²) < 4.78 is 0.705. The summed E-state index contributed by atoms with van der Waals surface area (Å²) in [6.45, 7) is 5.96. The van der Waals surface area contributed by atoms with Gasteiger partial charge in [-0.15, -0.1) is 23.5 Å². The van der Waals surface area contributed by atoms with E-state index in [0.29, 0.717) is 4.24 Å². The van der Waals surface area contributed by atoms with Gasteiger partial charge in [0.1, 0.15) is 5.57 Å². The predicted octanol–water partition coefficient (Wildman–Crippen LogP) is 3.78. The van der Waals surface area contributed by atoms with Gasteiger partial charge in [-0.25, -0.2) is 0 Å². The van der Waals surface area contributed by atoms with E-state index in [9.17, 15) is 9.59 Å². The maximum atomic E-state index is 12.3. The third-order valence-corrected chi connectivity index (χ3v) is 4.97. The third kappa shape index (κ3) is 5.73. The van der Waals surface area contributed by atoms with E-state index < -0.39 is 5.91 Å². The van der Waals surface area contributed by atoms with Crippen molar-refractivity contribution in [3.8, 4) is 0 Å². The zero-order chi connectivity index (χ0) is 16.5. The first kappa shape index (κ1) is 18.6. The molecule has 0 radical (unpaired) electrons. The molecular formula is C17H21NO2S2. The van der Waals surface area contributed by atoms with Gasteiger partial charge in [0.05, 0.1) is 4.24 Å². The Labute approximate surface area is 140 Å². The highest BCUT2D eigenvalue weighted by atomic mass is 32.2. The monoisotopic (exact) mass is 335 g/mol. The first-order valence-corrected chi connectivity index (χ1v) is 9.05. The van der Waals surface area contributed by atoms with Crippen LogP contribution in [0.4, 0.5) is 0 Å². The number of ketones is 1. The van der Waals surface area contributed by atoms with Crippen molar-refractivity contribution in [2.45, 2.75) is 20.8 Å². The van der Waals surface area contributed by atoms with Gasteiger partial charge < -0.3 is 5.73 Å². The Hall–Kier alpha value is -1.46. The number of hydrogen-bond donors (Lipinski definition) is 1. The fraction of sp³-hybridized carbons (Fsp3) is 0.294. The number of carbonyl (C=O) groups is 2. The molecule has 0 aliphatic heterocycles. The Morgan fingerprint density at radius 1 is 1.09 bits per heavy atom. The highest BCUT2D eigenvalue weighted by Gasteiger charge is 2.19. The van der Waals surface area contributed by atoms with Crippen LogP contribution in [0.5, 0.6) is 0 Å². The van der Waals surface area contributed by atoms with E-state index in [1.807, 2.05) is 45.0 Å². The van der Waals surface area contributed by atoms with E-state index in [1.165, 1.54) is 29.6 Å². The van der Waals surface area contributed by atoms with Crippen molar-refractivity contribution in [2.24, 2.45) is 5.73 Å². The number of carbonyl (C=O) groups excluding carboxylic acids is 2. The molecule has 0 fully saturated rings. The molecule has 22 heavy (non-hydrogen) atoms. The van der Waals surface area contributed by atoms with Crippen molar-refractivity contribution >= 4 is 41.3 Å². The molecular weight excluding hydrogens is 314 g/mol. The van der Waals surface area contributed by atoms with E-state index in [1.54, 1.807) is 6.08 Å². The van der Waals surface area contributed by atoms with Crippen molar-refractivity contribution in [1.29, 1.82) is 0 Å². The second-order valence-electron chi connectivity index (χ2n) is 4.50. The molecule has 0 spiro atoms. The molecule has 2 N–H and O–H groups in total. The second-order valence-corrected chi connectivity index (χ2v) is 7.31. The van der Waals surface area contributed by atoms with Crippen LogP contribution in [0.15, 0.2) is 40.2 Å². The lowest BCUT2D eigenvalue weighted by atomic mass is 10.1. The minimum Gasteiger partial charge on any atom is -0.365 e. The van der Waals surface area contributed by atoms with Gasteiger partial charge in [-0.05, 0) is 30.1 Å². The minimum absolute atomic E-state index is 0.0852. The Balaban J connectivity index is 3.05. The maximum absolute atomic E-state index is 12.3. The summed E-state index contributed by atoms with van der Waals surface area (Å²) in [6, 6.07) is 7.80. The number of thioether (sulfide) groups is 2. The molecule has 1 aromatic rings. The fourth-order valence-electron chi connectivity index (χ4n) is 1.70. The molecule has 1 amide bonds. The van der Waals surface area contributed by atoms with Crippen LogP contribution in [-0.4, -0.2) is 23.2 Å². The van der Waals surface area contributed by atoms with Gasteiger partial charge in [0.25, 0.3) is 5.91 Å². The molecule has 0 heterocycles. The van der Waals surface area contributed by atoms with E-state index in [4.69, 9.17) is 5.73 Å². The third-order valence-electron chi connectivity index (χ3n) is 2.75. The first-order chi connectivity index (χ1) is 10.5. The van der Waals surface area contributed by atoms with E-state index in [-0.39, 0.29) is 11.4 Å². The number of nitrogens with two attached hydrogens (primary N) is 1. The molecule has 0 bridgehead atoms. The molecule has 3 nitrogen and oxygen atoms in total. The van der Waals surface area contributed by atoms with Crippen molar-refractivity contribution in [3.63, 3.8) is 0 Å². The number of hydrogen-bond acceptors (Lipinski definition) is 4. The summed E-state index contributed by atoms with van der Waals surface area (Å²) in [6.07, 6.45) is 3.12. The molecule has 0 atom stereocenters. The molecule has 0 saturated heterocycles. The topological polar surface area (TPSA) is 60.2 Å². The van der Waals surface area contributed by atoms with E-state index in [2.05, 4.69) is 0 Å². The van der Waals surface area contributed by atoms with E-state index >= 15 is 0 Å². The van der Waals surface area contributed by atoms with Gasteiger partial charge in [-0.1, -0.05) is 49.8 Å². The minimum atomic E-state index is -0.671. The molecule has 0 aliphatic carbocycles. The van der Waals surface area contributed by atoms with Crippen molar-refractivity contribution < 1.29 is 9.59 Å². The van der Waals surface area contributed by atoms with Gasteiger partial charge in [0.15, 0.2) is 5.78 Å². The molecule has 5 heteroatoms. The van der Waals surface area contributed by atoms with Crippen LogP contribution in [-0.2, 0) is 9.59 Å². The zero-order valence-corrected chi connectivity index (χ0v) is 14.7. The number of rotatable bonds is 8. The maximum Gasteiger partial charge on any atom is 0.254 e. The summed E-state index contributed by atoms with van der Waals surface area (Å²) in [5, 5.41) is 0. The lowest BCUT2D eigenvalue weighted by Crippen LogP contribution is -2.20. The van der Waals surface area contributed by atoms with Crippen LogP contribution in [0.2, 0.25) is 0 Å². The van der Waals surface area contributed by atoms with Gasteiger partial charge in [0.2, 0.25) is 0 Å². The Morgan fingerprint density at radius 2 is 1.64 bits per heavy atom. The Bertz CT molecular complexity index is 581. The lowest BCUT2D eigenvalue weighted by Gasteiger charge is -2.08. The zero-order valence-electron chi connectivity index (χ0n) is 13.1.